The minimum atomic E-state index is -3.44. The van der Waals surface area contributed by atoms with Crippen molar-refractivity contribution in [2.45, 2.75) is 30.6 Å². The van der Waals surface area contributed by atoms with Gasteiger partial charge < -0.3 is 5.73 Å². The molecule has 1 aromatic rings. The fraction of sp³-hybridized carbons (Fsp3) is 0.571. The Morgan fingerprint density at radius 2 is 2.10 bits per heavy atom. The average molecular weight is 359 g/mol. The Hall–Kier alpha value is -0.590. The molecule has 0 heterocycles. The molecule has 3 rings (SSSR count). The van der Waals surface area contributed by atoms with Gasteiger partial charge in [-0.3, -0.25) is 0 Å². The normalized spacial score (nSPS) is 28.9. The number of nitrogens with one attached hydrogen (secondary N) is 1. The Labute approximate surface area is 128 Å². The van der Waals surface area contributed by atoms with Crippen molar-refractivity contribution < 1.29 is 8.42 Å². The van der Waals surface area contributed by atoms with Gasteiger partial charge in [-0.1, -0.05) is 6.42 Å². The number of hydrogen-bond acceptors (Lipinski definition) is 3. The van der Waals surface area contributed by atoms with Gasteiger partial charge >= 0.3 is 0 Å². The Balaban J connectivity index is 1.68. The second kappa shape index (κ2) is 5.31. The third-order valence-electron chi connectivity index (χ3n) is 4.70. The van der Waals surface area contributed by atoms with Crippen LogP contribution in [-0.4, -0.2) is 15.0 Å². The van der Waals surface area contributed by atoms with Crippen LogP contribution in [0.5, 0.6) is 0 Å². The highest BCUT2D eigenvalue weighted by atomic mass is 79.9. The molecule has 6 heteroatoms. The maximum Gasteiger partial charge on any atom is 0.240 e. The third kappa shape index (κ3) is 2.73. The molecule has 3 unspecified atom stereocenters. The summed E-state index contributed by atoms with van der Waals surface area (Å²) in [5.41, 5.74) is 6.22. The molecule has 0 saturated heterocycles. The lowest BCUT2D eigenvalue weighted by Gasteiger charge is -2.21. The standard InChI is InChI=1S/C14H19BrN2O2S/c15-13-7-12(3-4-14(13)16)20(18,19)17-8-11-6-9-1-2-10(11)5-9/h3-4,7,9-11,17H,1-2,5-6,8,16H2. The first kappa shape index (κ1) is 14.4. The van der Waals surface area contributed by atoms with Crippen LogP contribution < -0.4 is 10.5 Å². The molecule has 20 heavy (non-hydrogen) atoms. The van der Waals surface area contributed by atoms with E-state index in [0.29, 0.717) is 22.6 Å². The van der Waals surface area contributed by atoms with Crippen molar-refractivity contribution in [2.75, 3.05) is 12.3 Å². The number of nitrogens with two attached hydrogens (primary N) is 1. The van der Waals surface area contributed by atoms with E-state index in [1.54, 1.807) is 18.2 Å². The minimum Gasteiger partial charge on any atom is -0.398 e. The third-order valence-corrected chi connectivity index (χ3v) is 6.81. The molecule has 0 amide bonds. The van der Waals surface area contributed by atoms with Crippen molar-refractivity contribution in [3.05, 3.63) is 22.7 Å². The number of fused-ring (bicyclic) bond motifs is 2. The van der Waals surface area contributed by atoms with Crippen LogP contribution in [0.3, 0.4) is 0 Å². The monoisotopic (exact) mass is 358 g/mol. The summed E-state index contributed by atoms with van der Waals surface area (Å²) in [7, 11) is -3.44. The van der Waals surface area contributed by atoms with Crippen molar-refractivity contribution >= 4 is 31.6 Å². The van der Waals surface area contributed by atoms with Gasteiger partial charge in [-0.15, -0.1) is 0 Å². The van der Waals surface area contributed by atoms with E-state index in [-0.39, 0.29) is 4.90 Å². The molecule has 1 aromatic carbocycles. The van der Waals surface area contributed by atoms with Crippen LogP contribution in [0.1, 0.15) is 25.7 Å². The minimum absolute atomic E-state index is 0.265. The average Bonchev–Trinajstić information content (AvgIpc) is 3.02. The number of rotatable bonds is 4. The molecule has 2 aliphatic rings. The molecule has 0 aliphatic heterocycles. The highest BCUT2D eigenvalue weighted by Crippen LogP contribution is 2.48. The lowest BCUT2D eigenvalue weighted by molar-refractivity contribution is 0.333. The van der Waals surface area contributed by atoms with Gasteiger partial charge in [0.1, 0.15) is 0 Å². The fourth-order valence-corrected chi connectivity index (χ4v) is 5.25. The van der Waals surface area contributed by atoms with Crippen LogP contribution in [0.15, 0.2) is 27.6 Å². The lowest BCUT2D eigenvalue weighted by atomic mass is 9.89. The molecule has 2 bridgehead atoms. The summed E-state index contributed by atoms with van der Waals surface area (Å²) in [5, 5.41) is 0. The molecule has 3 N–H and O–H groups in total. The molecule has 3 atom stereocenters. The van der Waals surface area contributed by atoms with E-state index in [2.05, 4.69) is 20.7 Å². The summed E-state index contributed by atoms with van der Waals surface area (Å²) in [6, 6.07) is 4.71. The van der Waals surface area contributed by atoms with Gasteiger partial charge in [0, 0.05) is 16.7 Å². The molecule has 4 nitrogen and oxygen atoms in total. The van der Waals surface area contributed by atoms with Crippen molar-refractivity contribution in [3.63, 3.8) is 0 Å². The maximum atomic E-state index is 12.3. The summed E-state index contributed by atoms with van der Waals surface area (Å²) >= 11 is 3.27. The topological polar surface area (TPSA) is 72.2 Å². The lowest BCUT2D eigenvalue weighted by Crippen LogP contribution is -2.31. The van der Waals surface area contributed by atoms with Gasteiger partial charge in [0.15, 0.2) is 0 Å². The van der Waals surface area contributed by atoms with Crippen molar-refractivity contribution in [1.29, 1.82) is 0 Å². The maximum absolute atomic E-state index is 12.3. The quantitative estimate of drug-likeness (QED) is 0.812. The van der Waals surface area contributed by atoms with Gasteiger partial charge in [-0.25, -0.2) is 13.1 Å². The van der Waals surface area contributed by atoms with Gasteiger partial charge in [-0.05, 0) is 71.1 Å². The first-order valence-electron chi connectivity index (χ1n) is 7.00. The smallest absolute Gasteiger partial charge is 0.240 e. The number of hydrogen-bond donors (Lipinski definition) is 2. The number of halogens is 1. The summed E-state index contributed by atoms with van der Waals surface area (Å²) < 4.78 is 27.9. The van der Waals surface area contributed by atoms with E-state index in [1.807, 2.05) is 0 Å². The summed E-state index contributed by atoms with van der Waals surface area (Å²) in [6.07, 6.45) is 5.07. The van der Waals surface area contributed by atoms with Crippen molar-refractivity contribution in [2.24, 2.45) is 17.8 Å². The van der Waals surface area contributed by atoms with E-state index in [1.165, 1.54) is 25.7 Å². The first-order chi connectivity index (χ1) is 9.45. The van der Waals surface area contributed by atoms with E-state index in [0.717, 1.165) is 11.8 Å². The Morgan fingerprint density at radius 1 is 1.30 bits per heavy atom. The van der Waals surface area contributed by atoms with Crippen molar-refractivity contribution in [3.8, 4) is 0 Å². The number of benzene rings is 1. The van der Waals surface area contributed by atoms with E-state index < -0.39 is 10.0 Å². The second-order valence-corrected chi connectivity index (χ2v) is 8.59. The molecule has 2 aliphatic carbocycles. The van der Waals surface area contributed by atoms with Crippen molar-refractivity contribution in [1.82, 2.24) is 4.72 Å². The van der Waals surface area contributed by atoms with Crippen LogP contribution in [0.25, 0.3) is 0 Å². The second-order valence-electron chi connectivity index (χ2n) is 5.97. The van der Waals surface area contributed by atoms with Crippen LogP contribution in [0.4, 0.5) is 5.69 Å². The van der Waals surface area contributed by atoms with E-state index >= 15 is 0 Å². The fourth-order valence-electron chi connectivity index (χ4n) is 3.60. The Morgan fingerprint density at radius 3 is 2.70 bits per heavy atom. The van der Waals surface area contributed by atoms with Gasteiger partial charge in [0.2, 0.25) is 10.0 Å². The van der Waals surface area contributed by atoms with Gasteiger partial charge in [0.25, 0.3) is 0 Å². The van der Waals surface area contributed by atoms with Crippen LogP contribution in [0.2, 0.25) is 0 Å². The molecule has 0 aromatic heterocycles. The zero-order chi connectivity index (χ0) is 14.3. The molecular weight excluding hydrogens is 340 g/mol. The predicted molar refractivity (Wildman–Crippen MR) is 82.7 cm³/mol. The van der Waals surface area contributed by atoms with E-state index in [9.17, 15) is 8.42 Å². The SMILES string of the molecule is Nc1ccc(S(=O)(=O)NCC2CC3CCC2C3)cc1Br. The van der Waals surface area contributed by atoms with Gasteiger partial charge in [-0.2, -0.15) is 0 Å². The molecule has 2 saturated carbocycles. The van der Waals surface area contributed by atoms with Crippen LogP contribution >= 0.6 is 15.9 Å². The highest BCUT2D eigenvalue weighted by molar-refractivity contribution is 9.10. The summed E-state index contributed by atoms with van der Waals surface area (Å²) in [6.45, 7) is 0.561. The largest absolute Gasteiger partial charge is 0.398 e. The first-order valence-corrected chi connectivity index (χ1v) is 9.28. The van der Waals surface area contributed by atoms with Crippen LogP contribution in [0, 0.1) is 17.8 Å². The summed E-state index contributed by atoms with van der Waals surface area (Å²) in [4.78, 5) is 0.265. The highest BCUT2D eigenvalue weighted by Gasteiger charge is 2.39. The molecule has 0 spiro atoms. The van der Waals surface area contributed by atoms with Crippen LogP contribution in [-0.2, 0) is 10.0 Å². The Bertz CT molecular complexity index is 618. The number of sulfonamides is 1. The van der Waals surface area contributed by atoms with Gasteiger partial charge in [0.05, 0.1) is 4.90 Å². The number of nitrogen functional groups attached to an aromatic ring is 1. The Kier molecular flexibility index (Phi) is 3.81. The number of anilines is 1. The zero-order valence-corrected chi connectivity index (χ0v) is 13.6. The van der Waals surface area contributed by atoms with E-state index in [4.69, 9.17) is 5.73 Å². The zero-order valence-electron chi connectivity index (χ0n) is 11.2. The predicted octanol–water partition coefficient (Wildman–Crippen LogP) is 2.75. The molecule has 2 fully saturated rings. The molecule has 0 radical (unpaired) electrons. The molecular formula is C14H19BrN2O2S. The molecule has 110 valence electrons. The summed E-state index contributed by atoms with van der Waals surface area (Å²) in [5.74, 6) is 2.07.